The summed E-state index contributed by atoms with van der Waals surface area (Å²) in [6.07, 6.45) is 1.98. The van der Waals surface area contributed by atoms with Gasteiger partial charge in [0.25, 0.3) is 0 Å². The standard InChI is InChI=1S/C9H9BrN2O/c1-12-4-3-6-5-7(10)9(13-2)11-8(6)12/h3-5H,1-2H3. The van der Waals surface area contributed by atoms with Gasteiger partial charge in [0, 0.05) is 18.6 Å². The molecule has 0 atom stereocenters. The van der Waals surface area contributed by atoms with Crippen molar-refractivity contribution in [3.63, 3.8) is 0 Å². The number of fused-ring (bicyclic) bond motifs is 1. The number of halogens is 1. The quantitative estimate of drug-likeness (QED) is 0.766. The molecule has 0 spiro atoms. The summed E-state index contributed by atoms with van der Waals surface area (Å²) in [5, 5.41) is 1.11. The lowest BCUT2D eigenvalue weighted by Crippen LogP contribution is -1.92. The summed E-state index contributed by atoms with van der Waals surface area (Å²) in [6, 6.07) is 4.02. The Hall–Kier alpha value is -1.03. The molecule has 0 saturated heterocycles. The Morgan fingerprint density at radius 1 is 1.54 bits per heavy atom. The summed E-state index contributed by atoms with van der Waals surface area (Å²) in [5.41, 5.74) is 0.931. The van der Waals surface area contributed by atoms with E-state index >= 15 is 0 Å². The van der Waals surface area contributed by atoms with Crippen LogP contribution < -0.4 is 4.74 Å². The molecule has 2 aromatic rings. The highest BCUT2D eigenvalue weighted by molar-refractivity contribution is 9.10. The van der Waals surface area contributed by atoms with Crippen LogP contribution in [0.1, 0.15) is 0 Å². The molecule has 0 amide bonds. The Balaban J connectivity index is 2.77. The minimum Gasteiger partial charge on any atom is -0.480 e. The third-order valence-corrected chi connectivity index (χ3v) is 2.53. The predicted octanol–water partition coefficient (Wildman–Crippen LogP) is 2.34. The molecule has 0 aliphatic rings. The van der Waals surface area contributed by atoms with E-state index < -0.39 is 0 Å². The van der Waals surface area contributed by atoms with Crippen LogP contribution in [-0.2, 0) is 7.05 Å². The molecule has 0 unspecified atom stereocenters. The third-order valence-electron chi connectivity index (χ3n) is 1.96. The zero-order valence-electron chi connectivity index (χ0n) is 7.41. The number of aryl methyl sites for hydroxylation is 1. The van der Waals surface area contributed by atoms with Gasteiger partial charge in [-0.25, -0.2) is 0 Å². The minimum absolute atomic E-state index is 0.620. The number of methoxy groups -OCH3 is 1. The van der Waals surface area contributed by atoms with Gasteiger partial charge in [0.15, 0.2) is 0 Å². The summed E-state index contributed by atoms with van der Waals surface area (Å²) < 4.78 is 7.95. The van der Waals surface area contributed by atoms with E-state index in [-0.39, 0.29) is 0 Å². The molecule has 13 heavy (non-hydrogen) atoms. The zero-order valence-corrected chi connectivity index (χ0v) is 9.00. The second kappa shape index (κ2) is 3.03. The Kier molecular flexibility index (Phi) is 2.00. The third kappa shape index (κ3) is 1.31. The monoisotopic (exact) mass is 240 g/mol. The van der Waals surface area contributed by atoms with Crippen LogP contribution in [0.3, 0.4) is 0 Å². The summed E-state index contributed by atoms with van der Waals surface area (Å²) in [6.45, 7) is 0. The minimum atomic E-state index is 0.620. The lowest BCUT2D eigenvalue weighted by Gasteiger charge is -2.02. The number of pyridine rings is 1. The van der Waals surface area contributed by atoms with Crippen LogP contribution in [0.25, 0.3) is 11.0 Å². The Labute approximate surface area is 84.5 Å². The first-order valence-corrected chi connectivity index (χ1v) is 4.67. The lowest BCUT2D eigenvalue weighted by atomic mass is 10.3. The number of hydrogen-bond donors (Lipinski definition) is 0. The molecule has 4 heteroatoms. The van der Waals surface area contributed by atoms with Crippen LogP contribution in [0.5, 0.6) is 5.88 Å². The van der Waals surface area contributed by atoms with Crippen molar-refractivity contribution >= 4 is 27.0 Å². The highest BCUT2D eigenvalue weighted by atomic mass is 79.9. The maximum Gasteiger partial charge on any atom is 0.229 e. The molecule has 3 nitrogen and oxygen atoms in total. The molecule has 2 rings (SSSR count). The molecular formula is C9H9BrN2O. The van der Waals surface area contributed by atoms with Gasteiger partial charge in [0.05, 0.1) is 11.6 Å². The Morgan fingerprint density at radius 3 is 3.00 bits per heavy atom. The van der Waals surface area contributed by atoms with Gasteiger partial charge in [-0.2, -0.15) is 4.98 Å². The van der Waals surface area contributed by atoms with E-state index in [1.165, 1.54) is 0 Å². The van der Waals surface area contributed by atoms with Crippen LogP contribution in [0, 0.1) is 0 Å². The van der Waals surface area contributed by atoms with Gasteiger partial charge in [-0.05, 0) is 28.1 Å². The first-order chi connectivity index (χ1) is 6.22. The van der Waals surface area contributed by atoms with E-state index in [2.05, 4.69) is 20.9 Å². The number of nitrogens with zero attached hydrogens (tertiary/aromatic N) is 2. The van der Waals surface area contributed by atoms with Gasteiger partial charge < -0.3 is 9.30 Å². The van der Waals surface area contributed by atoms with Crippen LogP contribution in [0.4, 0.5) is 0 Å². The number of hydrogen-bond acceptors (Lipinski definition) is 2. The highest BCUT2D eigenvalue weighted by Gasteiger charge is 2.06. The molecule has 0 aliphatic carbocycles. The molecule has 2 aromatic heterocycles. The normalized spacial score (nSPS) is 10.7. The fourth-order valence-electron chi connectivity index (χ4n) is 1.29. The van der Waals surface area contributed by atoms with E-state index in [1.54, 1.807) is 7.11 Å². The Morgan fingerprint density at radius 2 is 2.31 bits per heavy atom. The average Bonchev–Trinajstić information content (AvgIpc) is 2.46. The van der Waals surface area contributed by atoms with Gasteiger partial charge in [0.1, 0.15) is 5.65 Å². The maximum atomic E-state index is 5.11. The summed E-state index contributed by atoms with van der Waals surface area (Å²) in [7, 11) is 3.57. The molecule has 0 saturated carbocycles. The average molecular weight is 241 g/mol. The van der Waals surface area contributed by atoms with E-state index in [9.17, 15) is 0 Å². The molecule has 0 aromatic carbocycles. The van der Waals surface area contributed by atoms with Gasteiger partial charge in [0.2, 0.25) is 5.88 Å². The fourth-order valence-corrected chi connectivity index (χ4v) is 1.79. The van der Waals surface area contributed by atoms with Gasteiger partial charge in [-0.1, -0.05) is 0 Å². The molecule has 2 heterocycles. The number of rotatable bonds is 1. The molecule has 0 fully saturated rings. The molecule has 68 valence electrons. The maximum absolute atomic E-state index is 5.11. The summed E-state index contributed by atoms with van der Waals surface area (Å²) in [5.74, 6) is 0.620. The Bertz CT molecular complexity index is 450. The second-order valence-electron chi connectivity index (χ2n) is 2.82. The van der Waals surface area contributed by atoms with Gasteiger partial charge in [-0.3, -0.25) is 0 Å². The fraction of sp³-hybridized carbons (Fsp3) is 0.222. The van der Waals surface area contributed by atoms with E-state index in [1.807, 2.05) is 29.9 Å². The van der Waals surface area contributed by atoms with Gasteiger partial charge >= 0.3 is 0 Å². The predicted molar refractivity (Wildman–Crippen MR) is 55.0 cm³/mol. The van der Waals surface area contributed by atoms with E-state index in [0.29, 0.717) is 5.88 Å². The van der Waals surface area contributed by atoms with Crippen molar-refractivity contribution in [2.75, 3.05) is 7.11 Å². The molecule has 0 bridgehead atoms. The van der Waals surface area contributed by atoms with Gasteiger partial charge in [-0.15, -0.1) is 0 Å². The number of aromatic nitrogens is 2. The molecule has 0 aliphatic heterocycles. The van der Waals surface area contributed by atoms with E-state index in [4.69, 9.17) is 4.74 Å². The first kappa shape index (κ1) is 8.56. The highest BCUT2D eigenvalue weighted by Crippen LogP contribution is 2.26. The molecule has 0 N–H and O–H groups in total. The second-order valence-corrected chi connectivity index (χ2v) is 3.67. The van der Waals surface area contributed by atoms with Crippen LogP contribution in [0.15, 0.2) is 22.8 Å². The zero-order chi connectivity index (χ0) is 9.42. The van der Waals surface area contributed by atoms with Crippen LogP contribution in [0.2, 0.25) is 0 Å². The molecule has 0 radical (unpaired) electrons. The smallest absolute Gasteiger partial charge is 0.229 e. The van der Waals surface area contributed by atoms with E-state index in [0.717, 1.165) is 15.5 Å². The first-order valence-electron chi connectivity index (χ1n) is 3.88. The van der Waals surface area contributed by atoms with Crippen molar-refractivity contribution in [2.45, 2.75) is 0 Å². The van der Waals surface area contributed by atoms with Crippen molar-refractivity contribution < 1.29 is 4.74 Å². The topological polar surface area (TPSA) is 27.1 Å². The summed E-state index contributed by atoms with van der Waals surface area (Å²) in [4.78, 5) is 4.35. The van der Waals surface area contributed by atoms with Crippen molar-refractivity contribution in [1.29, 1.82) is 0 Å². The van der Waals surface area contributed by atoms with Crippen molar-refractivity contribution in [1.82, 2.24) is 9.55 Å². The van der Waals surface area contributed by atoms with Crippen LogP contribution in [-0.4, -0.2) is 16.7 Å². The van der Waals surface area contributed by atoms with Crippen LogP contribution >= 0.6 is 15.9 Å². The van der Waals surface area contributed by atoms with Crippen molar-refractivity contribution in [3.8, 4) is 5.88 Å². The SMILES string of the molecule is COc1nc2c(ccn2C)cc1Br. The van der Waals surface area contributed by atoms with Crippen molar-refractivity contribution in [3.05, 3.63) is 22.8 Å². The largest absolute Gasteiger partial charge is 0.480 e. The molecular weight excluding hydrogens is 232 g/mol. The lowest BCUT2D eigenvalue weighted by molar-refractivity contribution is 0.396. The van der Waals surface area contributed by atoms with Crippen molar-refractivity contribution in [2.24, 2.45) is 7.05 Å². The summed E-state index contributed by atoms with van der Waals surface area (Å²) >= 11 is 3.39. The number of ether oxygens (including phenoxy) is 1.